The molecule has 0 unspecified atom stereocenters. The van der Waals surface area contributed by atoms with Crippen LogP contribution in [0.1, 0.15) is 59.8 Å². The summed E-state index contributed by atoms with van der Waals surface area (Å²) in [7, 11) is 0. The zero-order valence-electron chi connectivity index (χ0n) is 12.2. The van der Waals surface area contributed by atoms with Crippen LogP contribution in [0.4, 0.5) is 0 Å². The van der Waals surface area contributed by atoms with Gasteiger partial charge in [0.1, 0.15) is 0 Å². The fourth-order valence-corrected chi connectivity index (χ4v) is 2.00. The fourth-order valence-electron chi connectivity index (χ4n) is 2.00. The zero-order valence-corrected chi connectivity index (χ0v) is 12.2. The van der Waals surface area contributed by atoms with Crippen molar-refractivity contribution in [1.82, 2.24) is 4.90 Å². The van der Waals surface area contributed by atoms with Gasteiger partial charge in [0, 0.05) is 5.41 Å². The standard InChI is InChI=1S/C14H31N3/c1-5-10-17(11-6-2)12-8-7-9-14(3,4)13(15)16/h5-12H2,1-4H3,(H3,15,16). The molecule has 3 nitrogen and oxygen atoms in total. The average Bonchev–Trinajstić information content (AvgIpc) is 2.24. The van der Waals surface area contributed by atoms with Crippen LogP contribution in [0, 0.1) is 10.8 Å². The smallest absolute Gasteiger partial charge is 0.0963 e. The van der Waals surface area contributed by atoms with E-state index in [9.17, 15) is 0 Å². The van der Waals surface area contributed by atoms with Gasteiger partial charge >= 0.3 is 0 Å². The van der Waals surface area contributed by atoms with E-state index in [4.69, 9.17) is 11.1 Å². The molecule has 0 spiro atoms. The van der Waals surface area contributed by atoms with E-state index in [1.807, 2.05) is 0 Å². The van der Waals surface area contributed by atoms with Crippen LogP contribution in [0.5, 0.6) is 0 Å². The third-order valence-electron chi connectivity index (χ3n) is 3.33. The van der Waals surface area contributed by atoms with Crippen LogP contribution in [0.25, 0.3) is 0 Å². The van der Waals surface area contributed by atoms with Crippen LogP contribution < -0.4 is 5.73 Å². The monoisotopic (exact) mass is 241 g/mol. The van der Waals surface area contributed by atoms with E-state index in [0.29, 0.717) is 5.84 Å². The molecule has 0 atom stereocenters. The maximum Gasteiger partial charge on any atom is 0.0963 e. The Morgan fingerprint density at radius 3 is 2.00 bits per heavy atom. The molecular weight excluding hydrogens is 210 g/mol. The minimum absolute atomic E-state index is 0.125. The number of hydrogen-bond acceptors (Lipinski definition) is 2. The van der Waals surface area contributed by atoms with Crippen molar-refractivity contribution in [1.29, 1.82) is 5.41 Å². The first-order valence-corrected chi connectivity index (χ1v) is 7.01. The Morgan fingerprint density at radius 2 is 1.59 bits per heavy atom. The molecule has 0 aliphatic carbocycles. The van der Waals surface area contributed by atoms with E-state index < -0.39 is 0 Å². The summed E-state index contributed by atoms with van der Waals surface area (Å²) < 4.78 is 0. The summed E-state index contributed by atoms with van der Waals surface area (Å²) in [5, 5.41) is 7.52. The van der Waals surface area contributed by atoms with Gasteiger partial charge in [-0.15, -0.1) is 0 Å². The first-order valence-electron chi connectivity index (χ1n) is 7.01. The summed E-state index contributed by atoms with van der Waals surface area (Å²) in [6.45, 7) is 12.2. The van der Waals surface area contributed by atoms with E-state index in [1.54, 1.807) is 0 Å². The predicted molar refractivity (Wildman–Crippen MR) is 76.6 cm³/mol. The van der Waals surface area contributed by atoms with Gasteiger partial charge in [-0.3, -0.25) is 5.41 Å². The molecule has 0 radical (unpaired) electrons. The Balaban J connectivity index is 3.77. The normalized spacial score (nSPS) is 12.1. The second-order valence-electron chi connectivity index (χ2n) is 5.60. The van der Waals surface area contributed by atoms with Crippen molar-refractivity contribution in [3.05, 3.63) is 0 Å². The van der Waals surface area contributed by atoms with Crippen molar-refractivity contribution in [2.45, 2.75) is 59.8 Å². The predicted octanol–water partition coefficient (Wildman–Crippen LogP) is 3.24. The van der Waals surface area contributed by atoms with E-state index in [2.05, 4.69) is 32.6 Å². The number of nitrogens with two attached hydrogens (primary N) is 1. The minimum atomic E-state index is -0.125. The second kappa shape index (κ2) is 8.51. The molecule has 0 aliphatic heterocycles. The first-order chi connectivity index (χ1) is 7.94. The number of hydrogen-bond donors (Lipinski definition) is 2. The van der Waals surface area contributed by atoms with Crippen LogP contribution >= 0.6 is 0 Å². The number of rotatable bonds is 10. The van der Waals surface area contributed by atoms with Gasteiger partial charge in [-0.25, -0.2) is 0 Å². The van der Waals surface area contributed by atoms with Gasteiger partial charge in [-0.05, 0) is 45.3 Å². The van der Waals surface area contributed by atoms with E-state index in [1.165, 1.54) is 38.9 Å². The highest BCUT2D eigenvalue weighted by atomic mass is 15.1. The van der Waals surface area contributed by atoms with Gasteiger partial charge in [0.05, 0.1) is 5.84 Å². The lowest BCUT2D eigenvalue weighted by atomic mass is 9.86. The second-order valence-corrected chi connectivity index (χ2v) is 5.60. The number of unbranched alkanes of at least 4 members (excludes halogenated alkanes) is 1. The number of amidine groups is 1. The summed E-state index contributed by atoms with van der Waals surface area (Å²) in [6.07, 6.45) is 5.87. The molecule has 0 aliphatic rings. The quantitative estimate of drug-likeness (QED) is 0.350. The molecule has 17 heavy (non-hydrogen) atoms. The fraction of sp³-hybridized carbons (Fsp3) is 0.929. The maximum atomic E-state index is 7.52. The van der Waals surface area contributed by atoms with Crippen LogP contribution in [-0.4, -0.2) is 30.4 Å². The third-order valence-corrected chi connectivity index (χ3v) is 3.33. The molecule has 0 aromatic rings. The highest BCUT2D eigenvalue weighted by Gasteiger charge is 2.20. The minimum Gasteiger partial charge on any atom is -0.387 e. The number of nitrogens with zero attached hydrogens (tertiary/aromatic N) is 1. The van der Waals surface area contributed by atoms with Crippen LogP contribution in [0.15, 0.2) is 0 Å². The first kappa shape index (κ1) is 16.4. The Hall–Kier alpha value is -0.570. The Bertz CT molecular complexity index is 206. The summed E-state index contributed by atoms with van der Waals surface area (Å²) in [5.74, 6) is 0.316. The Morgan fingerprint density at radius 1 is 1.06 bits per heavy atom. The van der Waals surface area contributed by atoms with E-state index in [-0.39, 0.29) is 5.41 Å². The number of nitrogens with one attached hydrogen (secondary N) is 1. The molecule has 3 heteroatoms. The molecule has 3 N–H and O–H groups in total. The SMILES string of the molecule is CCCN(CCC)CCCCC(C)(C)C(=N)N. The summed E-state index contributed by atoms with van der Waals surface area (Å²) in [6, 6.07) is 0. The molecule has 0 saturated carbocycles. The molecule has 102 valence electrons. The van der Waals surface area contributed by atoms with Gasteiger partial charge in [0.25, 0.3) is 0 Å². The lowest BCUT2D eigenvalue weighted by Crippen LogP contribution is -2.31. The lowest BCUT2D eigenvalue weighted by molar-refractivity contribution is 0.264. The van der Waals surface area contributed by atoms with Gasteiger partial charge < -0.3 is 10.6 Å². The highest BCUT2D eigenvalue weighted by Crippen LogP contribution is 2.22. The van der Waals surface area contributed by atoms with Crippen molar-refractivity contribution >= 4 is 5.84 Å². The van der Waals surface area contributed by atoms with Gasteiger partial charge in [0.15, 0.2) is 0 Å². The van der Waals surface area contributed by atoms with Crippen molar-refractivity contribution in [3.8, 4) is 0 Å². The maximum absolute atomic E-state index is 7.52. The molecular formula is C14H31N3. The molecule has 0 fully saturated rings. The Kier molecular flexibility index (Phi) is 8.23. The van der Waals surface area contributed by atoms with Crippen molar-refractivity contribution in [2.24, 2.45) is 11.1 Å². The van der Waals surface area contributed by atoms with Crippen LogP contribution in [0.3, 0.4) is 0 Å². The summed E-state index contributed by atoms with van der Waals surface area (Å²) >= 11 is 0. The molecule has 0 aromatic heterocycles. The Labute approximate surface area is 107 Å². The van der Waals surface area contributed by atoms with E-state index >= 15 is 0 Å². The van der Waals surface area contributed by atoms with Gasteiger partial charge in [0.2, 0.25) is 0 Å². The molecule has 0 bridgehead atoms. The van der Waals surface area contributed by atoms with E-state index in [0.717, 1.165) is 12.8 Å². The van der Waals surface area contributed by atoms with Crippen molar-refractivity contribution in [2.75, 3.05) is 19.6 Å². The molecule has 0 saturated heterocycles. The summed E-state index contributed by atoms with van der Waals surface area (Å²) in [5.41, 5.74) is 5.46. The van der Waals surface area contributed by atoms with Gasteiger partial charge in [-0.1, -0.05) is 34.1 Å². The van der Waals surface area contributed by atoms with Crippen molar-refractivity contribution in [3.63, 3.8) is 0 Å². The largest absolute Gasteiger partial charge is 0.387 e. The molecule has 0 heterocycles. The van der Waals surface area contributed by atoms with Crippen molar-refractivity contribution < 1.29 is 0 Å². The summed E-state index contributed by atoms with van der Waals surface area (Å²) in [4.78, 5) is 2.54. The third kappa shape index (κ3) is 7.37. The average molecular weight is 241 g/mol. The lowest BCUT2D eigenvalue weighted by Gasteiger charge is -2.24. The van der Waals surface area contributed by atoms with Gasteiger partial charge in [-0.2, -0.15) is 0 Å². The molecule has 0 aromatic carbocycles. The molecule has 0 amide bonds. The topological polar surface area (TPSA) is 53.1 Å². The highest BCUT2D eigenvalue weighted by molar-refractivity contribution is 5.82. The zero-order chi connectivity index (χ0) is 13.3. The van der Waals surface area contributed by atoms with Crippen LogP contribution in [0.2, 0.25) is 0 Å². The van der Waals surface area contributed by atoms with Crippen LogP contribution in [-0.2, 0) is 0 Å². The molecule has 0 rings (SSSR count).